The Kier molecular flexibility index (Phi) is 31.8. The summed E-state index contributed by atoms with van der Waals surface area (Å²) < 4.78 is 22.1. The van der Waals surface area contributed by atoms with E-state index >= 15 is 0 Å². The molecule has 0 aromatic carbocycles. The Labute approximate surface area is 321 Å². The molecule has 1 heterocycles. The normalized spacial score (nSPS) is 20.6. The quantitative estimate of drug-likeness (QED) is 0.0219. The molecule has 10 heteroatoms. The number of carbonyl (C=O) groups excluding carboxylic acids is 2. The second kappa shape index (κ2) is 34.5. The van der Waals surface area contributed by atoms with Crippen LogP contribution in [0.1, 0.15) is 174 Å². The van der Waals surface area contributed by atoms with Gasteiger partial charge in [-0.15, -0.1) is 5.73 Å². The van der Waals surface area contributed by atoms with Crippen molar-refractivity contribution in [1.29, 1.82) is 0 Å². The Morgan fingerprint density at radius 3 is 1.68 bits per heavy atom. The molecule has 0 aromatic rings. The van der Waals surface area contributed by atoms with Gasteiger partial charge in [0.15, 0.2) is 12.4 Å². The number of aliphatic hydroxyl groups excluding tert-OH is 4. The smallest absolute Gasteiger partial charge is 0.306 e. The van der Waals surface area contributed by atoms with Crippen molar-refractivity contribution >= 4 is 11.9 Å². The molecule has 308 valence electrons. The van der Waals surface area contributed by atoms with Crippen molar-refractivity contribution in [2.75, 3.05) is 19.8 Å². The Balaban J connectivity index is 2.40. The third-order valence-electron chi connectivity index (χ3n) is 9.58. The summed E-state index contributed by atoms with van der Waals surface area (Å²) >= 11 is 0. The summed E-state index contributed by atoms with van der Waals surface area (Å²) in [5.74, 6) is -0.846. The summed E-state index contributed by atoms with van der Waals surface area (Å²) in [5.41, 5.74) is 3.29. The standard InChI is InChI=1S/C43H76O10/c1-3-5-7-9-11-13-15-17-18-20-22-24-26-28-30-32-39(46)52-36(35-51-43-42(49)41(48)40(47)37(33-44)53-43)34-50-38(45)31-29-27-25-23-21-19-16-14-12-10-8-6-4-2/h15,18-19,21,36-37,40-44,47-49H,3-14,16,20,22-35H2,1-2H3/b21-19+/t17?,36-,37-,40+,41?,42?,43-/m1/s1. The van der Waals surface area contributed by atoms with Crippen LogP contribution in [0.4, 0.5) is 0 Å². The van der Waals surface area contributed by atoms with Crippen molar-refractivity contribution in [2.24, 2.45) is 0 Å². The molecule has 0 spiro atoms. The molecule has 53 heavy (non-hydrogen) atoms. The average molecular weight is 753 g/mol. The maximum Gasteiger partial charge on any atom is 0.306 e. The molecule has 0 radical (unpaired) electrons. The van der Waals surface area contributed by atoms with Gasteiger partial charge < -0.3 is 39.4 Å². The summed E-state index contributed by atoms with van der Waals surface area (Å²) in [6.07, 6.45) is 26.8. The van der Waals surface area contributed by atoms with Crippen LogP contribution in [0.2, 0.25) is 0 Å². The van der Waals surface area contributed by atoms with Crippen LogP contribution in [0.15, 0.2) is 30.0 Å². The summed E-state index contributed by atoms with van der Waals surface area (Å²) in [4.78, 5) is 25.2. The number of ether oxygens (including phenoxy) is 4. The van der Waals surface area contributed by atoms with Crippen LogP contribution in [0.25, 0.3) is 0 Å². The van der Waals surface area contributed by atoms with Crippen LogP contribution in [-0.4, -0.2) is 89.0 Å². The number of carbonyl (C=O) groups is 2. The number of hydrogen-bond donors (Lipinski definition) is 4. The molecule has 1 saturated heterocycles. The van der Waals surface area contributed by atoms with E-state index in [0.717, 1.165) is 64.2 Å². The molecule has 1 rings (SSSR count). The van der Waals surface area contributed by atoms with Gasteiger partial charge in [-0.2, -0.15) is 0 Å². The topological polar surface area (TPSA) is 152 Å². The highest BCUT2D eigenvalue weighted by Gasteiger charge is 2.44. The van der Waals surface area contributed by atoms with E-state index in [1.165, 1.54) is 70.6 Å². The minimum absolute atomic E-state index is 0.207. The minimum atomic E-state index is -1.60. The van der Waals surface area contributed by atoms with E-state index in [9.17, 15) is 30.0 Å². The van der Waals surface area contributed by atoms with Crippen molar-refractivity contribution in [2.45, 2.75) is 211 Å². The van der Waals surface area contributed by atoms with Gasteiger partial charge in [-0.05, 0) is 76.4 Å². The van der Waals surface area contributed by atoms with E-state index in [-0.39, 0.29) is 26.1 Å². The van der Waals surface area contributed by atoms with E-state index in [4.69, 9.17) is 18.9 Å². The molecule has 1 fully saturated rings. The van der Waals surface area contributed by atoms with Crippen LogP contribution in [0.5, 0.6) is 0 Å². The first kappa shape index (κ1) is 49.0. The van der Waals surface area contributed by atoms with Crippen molar-refractivity contribution in [3.05, 3.63) is 30.0 Å². The number of aliphatic hydroxyl groups is 4. The van der Waals surface area contributed by atoms with E-state index < -0.39 is 55.4 Å². The fourth-order valence-electron chi connectivity index (χ4n) is 6.16. The zero-order valence-electron chi connectivity index (χ0n) is 33.3. The van der Waals surface area contributed by atoms with Crippen LogP contribution in [-0.2, 0) is 28.5 Å². The molecule has 0 saturated carbocycles. The highest BCUT2D eigenvalue weighted by Crippen LogP contribution is 2.22. The van der Waals surface area contributed by atoms with Crippen LogP contribution in [0.3, 0.4) is 0 Å². The Bertz CT molecular complexity index is 976. The first-order chi connectivity index (χ1) is 25.8. The Morgan fingerprint density at radius 2 is 1.11 bits per heavy atom. The first-order valence-electron chi connectivity index (χ1n) is 21.2. The van der Waals surface area contributed by atoms with Gasteiger partial charge in [0.25, 0.3) is 0 Å². The highest BCUT2D eigenvalue weighted by atomic mass is 16.7. The fourth-order valence-corrected chi connectivity index (χ4v) is 6.16. The second-order valence-corrected chi connectivity index (χ2v) is 14.5. The number of esters is 2. The lowest BCUT2D eigenvalue weighted by atomic mass is 9.99. The fraction of sp³-hybridized carbons (Fsp3) is 0.837. The zero-order valence-corrected chi connectivity index (χ0v) is 33.3. The number of rotatable bonds is 34. The lowest BCUT2D eigenvalue weighted by molar-refractivity contribution is -0.305. The molecule has 4 N–H and O–H groups in total. The van der Waals surface area contributed by atoms with Crippen LogP contribution < -0.4 is 0 Å². The molecule has 0 aromatic heterocycles. The van der Waals surface area contributed by atoms with Gasteiger partial charge in [0.05, 0.1) is 13.2 Å². The van der Waals surface area contributed by atoms with Gasteiger partial charge in [-0.25, -0.2) is 0 Å². The number of allylic oxidation sites excluding steroid dienone is 3. The van der Waals surface area contributed by atoms with Crippen LogP contribution in [0, 0.1) is 0 Å². The largest absolute Gasteiger partial charge is 0.462 e. The van der Waals surface area contributed by atoms with Gasteiger partial charge in [0, 0.05) is 12.8 Å². The predicted octanol–water partition coefficient (Wildman–Crippen LogP) is 8.32. The maximum atomic E-state index is 12.7. The van der Waals surface area contributed by atoms with Crippen molar-refractivity contribution in [3.8, 4) is 0 Å². The summed E-state index contributed by atoms with van der Waals surface area (Å²) in [5, 5.41) is 40.0. The molecule has 1 aliphatic heterocycles. The number of unbranched alkanes of at least 4 members (excludes halogenated alkanes) is 19. The van der Waals surface area contributed by atoms with Gasteiger partial charge in [0.2, 0.25) is 0 Å². The Hall–Kier alpha value is -2.04. The monoisotopic (exact) mass is 753 g/mol. The SMILES string of the molecule is CCCCCCCC=C=CCCCCCCCC(=O)O[C@H](COC(=O)CCCCC/C=C/CCCCCCCC)CO[C@@H]1O[C@H](CO)[C@H](O)C(O)C1O. The predicted molar refractivity (Wildman–Crippen MR) is 209 cm³/mol. The molecule has 1 aliphatic rings. The molecule has 0 aliphatic carbocycles. The van der Waals surface area contributed by atoms with E-state index in [1.807, 2.05) is 0 Å². The van der Waals surface area contributed by atoms with Gasteiger partial charge in [0.1, 0.15) is 31.0 Å². The van der Waals surface area contributed by atoms with Crippen LogP contribution >= 0.6 is 0 Å². The minimum Gasteiger partial charge on any atom is -0.462 e. The molecule has 0 bridgehead atoms. The van der Waals surface area contributed by atoms with E-state index in [2.05, 4.69) is 43.9 Å². The lowest BCUT2D eigenvalue weighted by Crippen LogP contribution is -2.59. The highest BCUT2D eigenvalue weighted by molar-refractivity contribution is 5.70. The molecule has 6 atom stereocenters. The molecule has 2 unspecified atom stereocenters. The van der Waals surface area contributed by atoms with Crippen molar-refractivity contribution in [1.82, 2.24) is 0 Å². The van der Waals surface area contributed by atoms with Crippen molar-refractivity contribution in [3.63, 3.8) is 0 Å². The van der Waals surface area contributed by atoms with Gasteiger partial charge in [-0.1, -0.05) is 109 Å². The van der Waals surface area contributed by atoms with Gasteiger partial charge in [-0.3, -0.25) is 9.59 Å². The Morgan fingerprint density at radius 1 is 0.623 bits per heavy atom. The average Bonchev–Trinajstić information content (AvgIpc) is 3.15. The number of hydrogen-bond acceptors (Lipinski definition) is 10. The molecular weight excluding hydrogens is 676 g/mol. The van der Waals surface area contributed by atoms with Crippen molar-refractivity contribution < 1.29 is 49.0 Å². The second-order valence-electron chi connectivity index (χ2n) is 14.5. The summed E-state index contributed by atoms with van der Waals surface area (Å²) in [6, 6.07) is 0. The van der Waals surface area contributed by atoms with E-state index in [1.54, 1.807) is 0 Å². The van der Waals surface area contributed by atoms with Gasteiger partial charge >= 0.3 is 11.9 Å². The lowest BCUT2D eigenvalue weighted by Gasteiger charge is -2.39. The summed E-state index contributed by atoms with van der Waals surface area (Å²) in [7, 11) is 0. The molecule has 0 amide bonds. The maximum absolute atomic E-state index is 12.7. The third-order valence-corrected chi connectivity index (χ3v) is 9.58. The summed E-state index contributed by atoms with van der Waals surface area (Å²) in [6.45, 7) is 3.35. The first-order valence-corrected chi connectivity index (χ1v) is 21.2. The third kappa shape index (κ3) is 26.4. The molecular formula is C43H76O10. The zero-order chi connectivity index (χ0) is 38.8. The molecule has 10 nitrogen and oxygen atoms in total. The van der Waals surface area contributed by atoms with E-state index in [0.29, 0.717) is 12.8 Å².